The fourth-order valence-corrected chi connectivity index (χ4v) is 3.75. The molecule has 5 nitrogen and oxygen atoms in total. The summed E-state index contributed by atoms with van der Waals surface area (Å²) in [7, 11) is 0. The van der Waals surface area contributed by atoms with Gasteiger partial charge in [0.05, 0.1) is 16.1 Å². The maximum atomic E-state index is 12.7. The molecule has 30 heavy (non-hydrogen) atoms. The van der Waals surface area contributed by atoms with E-state index in [2.05, 4.69) is 26.2 Å². The molecule has 0 fully saturated rings. The quantitative estimate of drug-likeness (QED) is 0.334. The van der Waals surface area contributed by atoms with Crippen molar-refractivity contribution in [3.8, 4) is 5.75 Å². The number of carbonyl (C=O) groups is 1. The van der Waals surface area contributed by atoms with Gasteiger partial charge in [-0.05, 0) is 54.6 Å². The average molecular weight is 505 g/mol. The van der Waals surface area contributed by atoms with Crippen molar-refractivity contribution in [3.63, 3.8) is 0 Å². The summed E-state index contributed by atoms with van der Waals surface area (Å²) in [5.74, 6) is 0.957. The first-order valence-electron chi connectivity index (χ1n) is 9.07. The predicted octanol–water partition coefficient (Wildman–Crippen LogP) is 6.32. The first kappa shape index (κ1) is 20.7. The van der Waals surface area contributed by atoms with Crippen LogP contribution < -0.4 is 10.1 Å². The number of para-hydroxylation sites is 2. The third-order valence-electron chi connectivity index (χ3n) is 4.41. The number of hydrogen-bond acceptors (Lipinski definition) is 3. The molecule has 4 aromatic rings. The lowest BCUT2D eigenvalue weighted by atomic mass is 10.3. The molecule has 3 aromatic carbocycles. The van der Waals surface area contributed by atoms with Crippen molar-refractivity contribution < 1.29 is 9.53 Å². The van der Waals surface area contributed by atoms with Gasteiger partial charge in [-0.3, -0.25) is 4.79 Å². The van der Waals surface area contributed by atoms with Crippen molar-refractivity contribution in [2.45, 2.75) is 13.2 Å². The summed E-state index contributed by atoms with van der Waals surface area (Å²) >= 11 is 15.5. The number of fused-ring (bicyclic) bond motifs is 1. The summed E-state index contributed by atoms with van der Waals surface area (Å²) in [6, 6.07) is 20.1. The highest BCUT2D eigenvalue weighted by atomic mass is 79.9. The van der Waals surface area contributed by atoms with Crippen LogP contribution in [0.4, 0.5) is 5.69 Å². The largest absolute Gasteiger partial charge is 0.484 e. The number of imidazole rings is 1. The van der Waals surface area contributed by atoms with Crippen LogP contribution in [0.3, 0.4) is 0 Å². The molecule has 0 aliphatic heterocycles. The van der Waals surface area contributed by atoms with Gasteiger partial charge in [-0.25, -0.2) is 4.98 Å². The van der Waals surface area contributed by atoms with E-state index in [1.807, 2.05) is 53.1 Å². The normalized spacial score (nSPS) is 10.9. The Kier molecular flexibility index (Phi) is 6.27. The van der Waals surface area contributed by atoms with Crippen molar-refractivity contribution in [2.24, 2.45) is 0 Å². The highest BCUT2D eigenvalue weighted by Crippen LogP contribution is 2.28. The second kappa shape index (κ2) is 9.08. The van der Waals surface area contributed by atoms with Crippen molar-refractivity contribution in [2.75, 3.05) is 5.32 Å². The molecule has 0 unspecified atom stereocenters. The van der Waals surface area contributed by atoms with Gasteiger partial charge in [-0.15, -0.1) is 0 Å². The Labute approximate surface area is 191 Å². The number of hydrogen-bond donors (Lipinski definition) is 1. The molecule has 8 heteroatoms. The van der Waals surface area contributed by atoms with Gasteiger partial charge in [0, 0.05) is 15.2 Å². The maximum Gasteiger partial charge on any atom is 0.244 e. The third-order valence-corrected chi connectivity index (χ3v) is 5.47. The van der Waals surface area contributed by atoms with E-state index in [0.717, 1.165) is 21.2 Å². The van der Waals surface area contributed by atoms with E-state index in [1.54, 1.807) is 18.2 Å². The second-order valence-corrected chi connectivity index (χ2v) is 8.28. The van der Waals surface area contributed by atoms with Crippen LogP contribution in [0.1, 0.15) is 5.82 Å². The monoisotopic (exact) mass is 503 g/mol. The number of amides is 1. The van der Waals surface area contributed by atoms with Gasteiger partial charge >= 0.3 is 0 Å². The minimum absolute atomic E-state index is 0.101. The molecule has 4 rings (SSSR count). The van der Waals surface area contributed by atoms with Gasteiger partial charge in [0.1, 0.15) is 24.7 Å². The van der Waals surface area contributed by atoms with Crippen molar-refractivity contribution in [1.29, 1.82) is 0 Å². The third kappa shape index (κ3) is 4.78. The predicted molar refractivity (Wildman–Crippen MR) is 123 cm³/mol. The number of nitrogens with one attached hydrogen (secondary N) is 1. The van der Waals surface area contributed by atoms with Crippen LogP contribution in [0.5, 0.6) is 5.75 Å². The number of halogens is 3. The molecule has 1 N–H and O–H groups in total. The highest BCUT2D eigenvalue weighted by molar-refractivity contribution is 9.10. The van der Waals surface area contributed by atoms with E-state index in [0.29, 0.717) is 21.6 Å². The standard InChI is InChI=1S/C22H16BrCl2N3O2/c23-14-5-8-16(9-6-14)26-22(29)12-28-19-4-2-1-3-18(19)27-21(28)13-30-20-10-7-15(24)11-17(20)25/h1-11H,12-13H2,(H,26,29). The SMILES string of the molecule is O=C(Cn1c(COc2ccc(Cl)cc2Cl)nc2ccccc21)Nc1ccc(Br)cc1. The van der Waals surface area contributed by atoms with E-state index in [4.69, 9.17) is 27.9 Å². The lowest BCUT2D eigenvalue weighted by Gasteiger charge is -2.12. The fourth-order valence-electron chi connectivity index (χ4n) is 3.02. The molecule has 0 aliphatic carbocycles. The van der Waals surface area contributed by atoms with Crippen LogP contribution in [0.15, 0.2) is 71.2 Å². The minimum atomic E-state index is -0.161. The number of benzene rings is 3. The molecule has 1 amide bonds. The number of carbonyl (C=O) groups excluding carboxylic acids is 1. The average Bonchev–Trinajstić information content (AvgIpc) is 3.06. The van der Waals surface area contributed by atoms with E-state index in [1.165, 1.54) is 0 Å². The number of aromatic nitrogens is 2. The van der Waals surface area contributed by atoms with Crippen LogP contribution in [0.2, 0.25) is 10.0 Å². The van der Waals surface area contributed by atoms with Crippen LogP contribution in [-0.4, -0.2) is 15.5 Å². The Bertz CT molecular complexity index is 1210. The molecule has 0 aliphatic rings. The lowest BCUT2D eigenvalue weighted by Crippen LogP contribution is -2.20. The molecular formula is C22H16BrCl2N3O2. The summed E-state index contributed by atoms with van der Waals surface area (Å²) in [6.45, 7) is 0.255. The van der Waals surface area contributed by atoms with Crippen LogP contribution in [0, 0.1) is 0 Å². The Morgan fingerprint density at radius 3 is 2.60 bits per heavy atom. The Morgan fingerprint density at radius 2 is 1.83 bits per heavy atom. The Balaban J connectivity index is 1.56. The molecule has 0 bridgehead atoms. The van der Waals surface area contributed by atoms with Crippen LogP contribution in [-0.2, 0) is 17.9 Å². The van der Waals surface area contributed by atoms with E-state index in [9.17, 15) is 4.79 Å². The van der Waals surface area contributed by atoms with E-state index < -0.39 is 0 Å². The molecule has 0 saturated heterocycles. The zero-order chi connectivity index (χ0) is 21.1. The summed E-state index contributed by atoms with van der Waals surface area (Å²) in [5.41, 5.74) is 2.36. The number of anilines is 1. The fraction of sp³-hybridized carbons (Fsp3) is 0.0909. The van der Waals surface area contributed by atoms with Crippen LogP contribution >= 0.6 is 39.1 Å². The molecule has 152 valence electrons. The molecule has 1 aromatic heterocycles. The van der Waals surface area contributed by atoms with Gasteiger partial charge in [0.2, 0.25) is 5.91 Å². The summed E-state index contributed by atoms with van der Waals surface area (Å²) < 4.78 is 8.64. The zero-order valence-corrected chi connectivity index (χ0v) is 18.7. The Morgan fingerprint density at radius 1 is 1.07 bits per heavy atom. The number of nitrogens with zero attached hydrogens (tertiary/aromatic N) is 2. The first-order chi connectivity index (χ1) is 14.5. The topological polar surface area (TPSA) is 56.2 Å². The van der Waals surface area contributed by atoms with Gasteiger partial charge in [-0.2, -0.15) is 0 Å². The first-order valence-corrected chi connectivity index (χ1v) is 10.6. The van der Waals surface area contributed by atoms with Gasteiger partial charge in [-0.1, -0.05) is 51.3 Å². The van der Waals surface area contributed by atoms with Gasteiger partial charge < -0.3 is 14.6 Å². The van der Waals surface area contributed by atoms with Gasteiger partial charge in [0.25, 0.3) is 0 Å². The molecule has 0 atom stereocenters. The molecule has 0 radical (unpaired) electrons. The molecule has 0 spiro atoms. The van der Waals surface area contributed by atoms with Gasteiger partial charge in [0.15, 0.2) is 0 Å². The van der Waals surface area contributed by atoms with Crippen LogP contribution in [0.25, 0.3) is 11.0 Å². The number of rotatable bonds is 6. The van der Waals surface area contributed by atoms with E-state index in [-0.39, 0.29) is 19.1 Å². The molecule has 0 saturated carbocycles. The Hall–Kier alpha value is -2.54. The smallest absolute Gasteiger partial charge is 0.244 e. The number of ether oxygens (including phenoxy) is 1. The van der Waals surface area contributed by atoms with E-state index >= 15 is 0 Å². The van der Waals surface area contributed by atoms with Crippen molar-refractivity contribution >= 4 is 61.8 Å². The zero-order valence-electron chi connectivity index (χ0n) is 15.6. The maximum absolute atomic E-state index is 12.7. The molecule has 1 heterocycles. The minimum Gasteiger partial charge on any atom is -0.484 e. The summed E-state index contributed by atoms with van der Waals surface area (Å²) in [5, 5.41) is 3.85. The molecular weight excluding hydrogens is 489 g/mol. The second-order valence-electron chi connectivity index (χ2n) is 6.52. The lowest BCUT2D eigenvalue weighted by molar-refractivity contribution is -0.116. The summed E-state index contributed by atoms with van der Waals surface area (Å²) in [4.78, 5) is 17.3. The van der Waals surface area contributed by atoms with Crippen molar-refractivity contribution in [3.05, 3.63) is 87.1 Å². The van der Waals surface area contributed by atoms with Crippen molar-refractivity contribution in [1.82, 2.24) is 9.55 Å². The summed E-state index contributed by atoms with van der Waals surface area (Å²) in [6.07, 6.45) is 0. The highest BCUT2D eigenvalue weighted by Gasteiger charge is 2.15.